The third kappa shape index (κ3) is 4.43. The van der Waals surface area contributed by atoms with Gasteiger partial charge in [-0.15, -0.1) is 0 Å². The van der Waals surface area contributed by atoms with E-state index in [2.05, 4.69) is 43.1 Å². The fourth-order valence-corrected chi connectivity index (χ4v) is 3.28. The molecule has 0 saturated heterocycles. The van der Waals surface area contributed by atoms with E-state index in [9.17, 15) is 0 Å². The fraction of sp³-hybridized carbons (Fsp3) is 0. The van der Waals surface area contributed by atoms with Crippen LogP contribution in [0.1, 0.15) is 5.56 Å². The zero-order valence-electron chi connectivity index (χ0n) is 15.0. The van der Waals surface area contributed by atoms with Gasteiger partial charge in [-0.3, -0.25) is 0 Å². The fourth-order valence-electron chi connectivity index (χ4n) is 2.75. The Bertz CT molecular complexity index is 1040. The van der Waals surface area contributed by atoms with E-state index in [-0.39, 0.29) is 0 Å². The summed E-state index contributed by atoms with van der Waals surface area (Å²) in [7, 11) is 0. The number of rotatable bonds is 5. The Morgan fingerprint density at radius 1 is 0.714 bits per heavy atom. The van der Waals surface area contributed by atoms with Crippen molar-refractivity contribution in [1.29, 1.82) is 0 Å². The molecule has 0 radical (unpaired) electrons. The maximum Gasteiger partial charge on any atom is 0.244 e. The molecular weight excluding hydrogens is 459 g/mol. The number of hydrazone groups is 1. The number of hydrogen-bond donors (Lipinski definition) is 1. The monoisotopic (exact) mass is 476 g/mol. The van der Waals surface area contributed by atoms with Crippen LogP contribution in [0.2, 0.25) is 0 Å². The summed E-state index contributed by atoms with van der Waals surface area (Å²) in [5.74, 6) is 0.461. The molecule has 0 atom stereocenters. The van der Waals surface area contributed by atoms with E-state index in [1.807, 2.05) is 91.0 Å². The first-order valence-corrected chi connectivity index (χ1v) is 9.91. The first-order valence-electron chi connectivity index (χ1n) is 8.83. The van der Waals surface area contributed by atoms with E-state index in [4.69, 9.17) is 0 Å². The van der Waals surface area contributed by atoms with Crippen LogP contribution >= 0.6 is 22.6 Å². The van der Waals surface area contributed by atoms with Gasteiger partial charge in [0.1, 0.15) is 0 Å². The zero-order chi connectivity index (χ0) is 19.2. The summed E-state index contributed by atoms with van der Waals surface area (Å²) in [5.41, 5.74) is 7.79. The minimum atomic E-state index is 0.461. The lowest BCUT2D eigenvalue weighted by Gasteiger charge is -2.08. The topological polar surface area (TPSA) is 50.2 Å². The van der Waals surface area contributed by atoms with E-state index >= 15 is 0 Å². The minimum absolute atomic E-state index is 0.461. The van der Waals surface area contributed by atoms with Crippen LogP contribution in [0.5, 0.6) is 0 Å². The Kier molecular flexibility index (Phi) is 5.72. The molecule has 0 aliphatic carbocycles. The van der Waals surface area contributed by atoms with Gasteiger partial charge in [0.25, 0.3) is 0 Å². The van der Waals surface area contributed by atoms with Gasteiger partial charge in [-0.1, -0.05) is 78.9 Å². The molecule has 0 aliphatic rings. The van der Waals surface area contributed by atoms with Crippen molar-refractivity contribution in [3.05, 3.63) is 100 Å². The minimum Gasteiger partial charge on any atom is -0.245 e. The van der Waals surface area contributed by atoms with E-state index in [0.29, 0.717) is 5.95 Å². The van der Waals surface area contributed by atoms with Crippen molar-refractivity contribution in [2.75, 3.05) is 5.43 Å². The molecule has 136 valence electrons. The SMILES string of the molecule is Ic1ccccc1C=NNc1nc(-c2ccccc2)cc(-c2ccccc2)n1. The van der Waals surface area contributed by atoms with Crippen LogP contribution in [0.4, 0.5) is 5.95 Å². The van der Waals surface area contributed by atoms with Gasteiger partial charge in [0.2, 0.25) is 5.95 Å². The summed E-state index contributed by atoms with van der Waals surface area (Å²) < 4.78 is 1.13. The Morgan fingerprint density at radius 2 is 1.25 bits per heavy atom. The Hall–Kier alpha value is -3.06. The smallest absolute Gasteiger partial charge is 0.244 e. The number of nitrogens with zero attached hydrogens (tertiary/aromatic N) is 3. The van der Waals surface area contributed by atoms with Crippen LogP contribution in [0, 0.1) is 3.57 Å². The third-order valence-electron chi connectivity index (χ3n) is 4.14. The van der Waals surface area contributed by atoms with E-state index in [1.165, 1.54) is 0 Å². The first-order chi connectivity index (χ1) is 13.8. The molecule has 0 spiro atoms. The highest BCUT2D eigenvalue weighted by molar-refractivity contribution is 14.1. The summed E-state index contributed by atoms with van der Waals surface area (Å²) in [6.45, 7) is 0. The predicted molar refractivity (Wildman–Crippen MR) is 123 cm³/mol. The van der Waals surface area contributed by atoms with E-state index in [1.54, 1.807) is 6.21 Å². The predicted octanol–water partition coefficient (Wildman–Crippen LogP) is 5.86. The average Bonchev–Trinajstić information content (AvgIpc) is 2.76. The molecule has 1 aromatic heterocycles. The quantitative estimate of drug-likeness (QED) is 0.223. The van der Waals surface area contributed by atoms with Gasteiger partial charge < -0.3 is 0 Å². The van der Waals surface area contributed by atoms with Gasteiger partial charge in [-0.05, 0) is 34.7 Å². The van der Waals surface area contributed by atoms with Crippen molar-refractivity contribution in [2.45, 2.75) is 0 Å². The molecule has 1 heterocycles. The summed E-state index contributed by atoms with van der Waals surface area (Å²) in [4.78, 5) is 9.29. The average molecular weight is 476 g/mol. The second kappa shape index (κ2) is 8.75. The maximum atomic E-state index is 4.64. The number of benzene rings is 3. The maximum absolute atomic E-state index is 4.64. The van der Waals surface area contributed by atoms with Gasteiger partial charge in [-0.2, -0.15) is 5.10 Å². The molecule has 4 aromatic rings. The summed E-state index contributed by atoms with van der Waals surface area (Å²) in [6, 6.07) is 30.2. The van der Waals surface area contributed by atoms with Gasteiger partial charge in [0.15, 0.2) is 0 Å². The molecule has 0 saturated carbocycles. The second-order valence-electron chi connectivity index (χ2n) is 6.09. The Labute approximate surface area is 177 Å². The molecule has 0 bridgehead atoms. The molecule has 3 aromatic carbocycles. The van der Waals surface area contributed by atoms with Crippen molar-refractivity contribution in [3.8, 4) is 22.5 Å². The molecule has 4 rings (SSSR count). The lowest BCUT2D eigenvalue weighted by Crippen LogP contribution is -2.00. The highest BCUT2D eigenvalue weighted by atomic mass is 127. The number of nitrogens with one attached hydrogen (secondary N) is 1. The molecule has 1 N–H and O–H groups in total. The lowest BCUT2D eigenvalue weighted by atomic mass is 10.1. The normalized spacial score (nSPS) is 10.9. The first kappa shape index (κ1) is 18.3. The third-order valence-corrected chi connectivity index (χ3v) is 5.12. The van der Waals surface area contributed by atoms with Crippen LogP contribution in [0.25, 0.3) is 22.5 Å². The summed E-state index contributed by atoms with van der Waals surface area (Å²) >= 11 is 2.29. The molecule has 0 unspecified atom stereocenters. The molecule has 5 heteroatoms. The Morgan fingerprint density at radius 3 is 1.82 bits per heavy atom. The largest absolute Gasteiger partial charge is 0.245 e. The van der Waals surface area contributed by atoms with Crippen molar-refractivity contribution >= 4 is 34.8 Å². The molecule has 4 nitrogen and oxygen atoms in total. The lowest BCUT2D eigenvalue weighted by molar-refractivity contribution is 1.13. The number of hydrogen-bond acceptors (Lipinski definition) is 4. The highest BCUT2D eigenvalue weighted by Crippen LogP contribution is 2.25. The standard InChI is InChI=1S/C23H17IN4/c24-20-14-8-7-13-19(20)16-25-28-23-26-21(17-9-3-1-4-10-17)15-22(27-23)18-11-5-2-6-12-18/h1-16H,(H,26,27,28). The van der Waals surface area contributed by atoms with Crippen LogP contribution < -0.4 is 5.43 Å². The van der Waals surface area contributed by atoms with Crippen LogP contribution in [-0.4, -0.2) is 16.2 Å². The van der Waals surface area contributed by atoms with E-state index in [0.717, 1.165) is 31.6 Å². The highest BCUT2D eigenvalue weighted by Gasteiger charge is 2.08. The Balaban J connectivity index is 1.69. The molecule has 0 aliphatic heterocycles. The zero-order valence-corrected chi connectivity index (χ0v) is 17.1. The van der Waals surface area contributed by atoms with Crippen molar-refractivity contribution < 1.29 is 0 Å². The van der Waals surface area contributed by atoms with Crippen LogP contribution in [-0.2, 0) is 0 Å². The summed E-state index contributed by atoms with van der Waals surface area (Å²) in [5, 5.41) is 4.34. The van der Waals surface area contributed by atoms with Gasteiger partial charge in [0.05, 0.1) is 17.6 Å². The number of halogens is 1. The summed E-state index contributed by atoms with van der Waals surface area (Å²) in [6.07, 6.45) is 1.78. The molecule has 0 fully saturated rings. The molecule has 28 heavy (non-hydrogen) atoms. The van der Waals surface area contributed by atoms with Crippen molar-refractivity contribution in [3.63, 3.8) is 0 Å². The van der Waals surface area contributed by atoms with E-state index < -0.39 is 0 Å². The van der Waals surface area contributed by atoms with Crippen LogP contribution in [0.3, 0.4) is 0 Å². The second-order valence-corrected chi connectivity index (χ2v) is 7.25. The van der Waals surface area contributed by atoms with Crippen molar-refractivity contribution in [1.82, 2.24) is 9.97 Å². The van der Waals surface area contributed by atoms with Crippen LogP contribution in [0.15, 0.2) is 96.1 Å². The van der Waals surface area contributed by atoms with Gasteiger partial charge in [-0.25, -0.2) is 15.4 Å². The van der Waals surface area contributed by atoms with Crippen molar-refractivity contribution in [2.24, 2.45) is 5.10 Å². The molecule has 0 amide bonds. The number of aromatic nitrogens is 2. The molecular formula is C23H17IN4. The number of anilines is 1. The van der Waals surface area contributed by atoms with Gasteiger partial charge in [0, 0.05) is 20.3 Å². The van der Waals surface area contributed by atoms with Gasteiger partial charge >= 0.3 is 0 Å².